The third kappa shape index (κ3) is 3.06. The predicted octanol–water partition coefficient (Wildman–Crippen LogP) is 3.37. The quantitative estimate of drug-likeness (QED) is 0.550. The summed E-state index contributed by atoms with van der Waals surface area (Å²) in [7, 11) is 1.92. The molecule has 5 heteroatoms. The zero-order chi connectivity index (χ0) is 14.8. The van der Waals surface area contributed by atoms with Crippen molar-refractivity contribution in [3.8, 4) is 5.75 Å². The van der Waals surface area contributed by atoms with Crippen molar-refractivity contribution in [3.05, 3.63) is 59.4 Å². The fraction of sp³-hybridized carbons (Fsp3) is 0.125. The number of rotatable bonds is 3. The van der Waals surface area contributed by atoms with Crippen LogP contribution in [0.1, 0.15) is 5.56 Å². The van der Waals surface area contributed by atoms with Crippen LogP contribution in [0.15, 0.2) is 48.8 Å². The lowest BCUT2D eigenvalue weighted by Gasteiger charge is -2.05. The van der Waals surface area contributed by atoms with Gasteiger partial charge in [0, 0.05) is 18.1 Å². The minimum Gasteiger partial charge on any atom is -0.426 e. The van der Waals surface area contributed by atoms with E-state index in [1.807, 2.05) is 29.8 Å². The molecule has 106 valence electrons. The van der Waals surface area contributed by atoms with Gasteiger partial charge in [0.05, 0.1) is 23.8 Å². The average Bonchev–Trinajstić information content (AvgIpc) is 2.82. The highest BCUT2D eigenvalue weighted by Crippen LogP contribution is 2.20. The van der Waals surface area contributed by atoms with Gasteiger partial charge in [-0.05, 0) is 29.8 Å². The summed E-state index contributed by atoms with van der Waals surface area (Å²) in [6, 6.07) is 12.5. The number of aromatic nitrogens is 2. The van der Waals surface area contributed by atoms with Crippen LogP contribution in [0.4, 0.5) is 0 Å². The smallest absolute Gasteiger partial charge is 0.315 e. The number of carbonyl (C=O) groups excluding carboxylic acids is 1. The zero-order valence-electron chi connectivity index (χ0n) is 11.4. The molecule has 2 aromatic carbocycles. The van der Waals surface area contributed by atoms with E-state index in [2.05, 4.69) is 4.98 Å². The first kappa shape index (κ1) is 13.6. The van der Waals surface area contributed by atoms with E-state index in [1.165, 1.54) is 0 Å². The lowest BCUT2D eigenvalue weighted by molar-refractivity contribution is -0.133. The van der Waals surface area contributed by atoms with Crippen molar-refractivity contribution in [2.75, 3.05) is 0 Å². The Balaban J connectivity index is 1.72. The zero-order valence-corrected chi connectivity index (χ0v) is 12.2. The molecule has 0 aliphatic heterocycles. The van der Waals surface area contributed by atoms with Crippen LogP contribution in [-0.4, -0.2) is 15.5 Å². The molecule has 21 heavy (non-hydrogen) atoms. The Hall–Kier alpha value is -2.33. The molecule has 3 aromatic rings. The van der Waals surface area contributed by atoms with Crippen molar-refractivity contribution in [3.63, 3.8) is 0 Å². The summed E-state index contributed by atoms with van der Waals surface area (Å²) in [6.07, 6.45) is 1.93. The first-order chi connectivity index (χ1) is 10.1. The molecule has 0 saturated carbocycles. The second-order valence-corrected chi connectivity index (χ2v) is 5.22. The molecule has 0 radical (unpaired) electrons. The Kier molecular flexibility index (Phi) is 3.62. The monoisotopic (exact) mass is 300 g/mol. The fourth-order valence-electron chi connectivity index (χ4n) is 2.12. The van der Waals surface area contributed by atoms with Crippen molar-refractivity contribution in [2.24, 2.45) is 7.05 Å². The minimum absolute atomic E-state index is 0.206. The first-order valence-electron chi connectivity index (χ1n) is 6.48. The van der Waals surface area contributed by atoms with Gasteiger partial charge in [-0.3, -0.25) is 4.79 Å². The Morgan fingerprint density at radius 1 is 1.24 bits per heavy atom. The van der Waals surface area contributed by atoms with Gasteiger partial charge >= 0.3 is 5.97 Å². The molecule has 1 aromatic heterocycles. The van der Waals surface area contributed by atoms with Crippen molar-refractivity contribution in [2.45, 2.75) is 6.42 Å². The lowest BCUT2D eigenvalue weighted by atomic mass is 10.1. The second kappa shape index (κ2) is 5.58. The van der Waals surface area contributed by atoms with Crippen molar-refractivity contribution >= 4 is 28.6 Å². The number of fused-ring (bicyclic) bond motifs is 1. The molecule has 0 saturated heterocycles. The van der Waals surface area contributed by atoms with Crippen molar-refractivity contribution < 1.29 is 9.53 Å². The molecule has 0 spiro atoms. The molecule has 0 unspecified atom stereocenters. The Bertz CT molecular complexity index is 794. The number of halogens is 1. The van der Waals surface area contributed by atoms with Gasteiger partial charge < -0.3 is 9.30 Å². The van der Waals surface area contributed by atoms with Gasteiger partial charge in [-0.15, -0.1) is 0 Å². The SMILES string of the molecule is Cn1cnc2cc(OC(=O)Cc3ccc(Cl)cc3)ccc21. The van der Waals surface area contributed by atoms with Crippen LogP contribution >= 0.6 is 11.6 Å². The number of hydrogen-bond donors (Lipinski definition) is 0. The van der Waals surface area contributed by atoms with Crippen LogP contribution in [0.3, 0.4) is 0 Å². The number of imidazole rings is 1. The maximum absolute atomic E-state index is 11.9. The molecule has 0 aliphatic carbocycles. The number of nitrogens with zero attached hydrogens (tertiary/aromatic N) is 2. The predicted molar refractivity (Wildman–Crippen MR) is 81.5 cm³/mol. The van der Waals surface area contributed by atoms with E-state index in [9.17, 15) is 4.79 Å². The summed E-state index contributed by atoms with van der Waals surface area (Å²) in [5, 5.41) is 0.646. The number of ether oxygens (including phenoxy) is 1. The molecular weight excluding hydrogens is 288 g/mol. The molecule has 0 fully saturated rings. The normalized spacial score (nSPS) is 10.8. The van der Waals surface area contributed by atoms with E-state index in [4.69, 9.17) is 16.3 Å². The van der Waals surface area contributed by atoms with E-state index in [1.54, 1.807) is 30.6 Å². The number of hydrogen-bond acceptors (Lipinski definition) is 3. The lowest BCUT2D eigenvalue weighted by Crippen LogP contribution is -2.11. The van der Waals surface area contributed by atoms with E-state index in [-0.39, 0.29) is 12.4 Å². The van der Waals surface area contributed by atoms with Gasteiger partial charge in [0.15, 0.2) is 0 Å². The highest BCUT2D eigenvalue weighted by molar-refractivity contribution is 6.30. The summed E-state index contributed by atoms with van der Waals surface area (Å²) in [5.74, 6) is 0.188. The van der Waals surface area contributed by atoms with Crippen molar-refractivity contribution in [1.29, 1.82) is 0 Å². The van der Waals surface area contributed by atoms with Crippen LogP contribution in [-0.2, 0) is 18.3 Å². The molecule has 4 nitrogen and oxygen atoms in total. The molecule has 1 heterocycles. The van der Waals surface area contributed by atoms with Crippen molar-refractivity contribution in [1.82, 2.24) is 9.55 Å². The van der Waals surface area contributed by atoms with Gasteiger partial charge in [-0.25, -0.2) is 4.98 Å². The van der Waals surface area contributed by atoms with Gasteiger partial charge in [-0.1, -0.05) is 23.7 Å². The summed E-state index contributed by atoms with van der Waals surface area (Å²) in [5.41, 5.74) is 2.66. The maximum atomic E-state index is 11.9. The van der Waals surface area contributed by atoms with E-state index < -0.39 is 0 Å². The fourth-order valence-corrected chi connectivity index (χ4v) is 2.24. The summed E-state index contributed by atoms with van der Waals surface area (Å²) >= 11 is 5.81. The van der Waals surface area contributed by atoms with Crippen LogP contribution in [0, 0.1) is 0 Å². The Morgan fingerprint density at radius 3 is 2.76 bits per heavy atom. The Labute approximate surface area is 126 Å². The van der Waals surface area contributed by atoms with E-state index >= 15 is 0 Å². The Morgan fingerprint density at radius 2 is 2.00 bits per heavy atom. The first-order valence-corrected chi connectivity index (χ1v) is 6.86. The largest absolute Gasteiger partial charge is 0.426 e. The topological polar surface area (TPSA) is 44.1 Å². The maximum Gasteiger partial charge on any atom is 0.315 e. The highest BCUT2D eigenvalue weighted by atomic mass is 35.5. The van der Waals surface area contributed by atoms with E-state index in [0.29, 0.717) is 10.8 Å². The number of benzene rings is 2. The summed E-state index contributed by atoms with van der Waals surface area (Å²) < 4.78 is 7.26. The van der Waals surface area contributed by atoms with Crippen LogP contribution < -0.4 is 4.74 Å². The molecule has 0 N–H and O–H groups in total. The molecule has 0 bridgehead atoms. The number of carbonyl (C=O) groups is 1. The standard InChI is InChI=1S/C16H13ClN2O2/c1-19-10-18-14-9-13(6-7-15(14)19)21-16(20)8-11-2-4-12(17)5-3-11/h2-7,9-10H,8H2,1H3. The summed E-state index contributed by atoms with van der Waals surface area (Å²) in [6.45, 7) is 0. The molecule has 0 aliphatic rings. The van der Waals surface area contributed by atoms with Gasteiger partial charge in [-0.2, -0.15) is 0 Å². The van der Waals surface area contributed by atoms with Gasteiger partial charge in [0.2, 0.25) is 0 Å². The molecule has 3 rings (SSSR count). The van der Waals surface area contributed by atoms with Crippen LogP contribution in [0.25, 0.3) is 11.0 Å². The van der Waals surface area contributed by atoms with E-state index in [0.717, 1.165) is 16.6 Å². The summed E-state index contributed by atoms with van der Waals surface area (Å²) in [4.78, 5) is 16.2. The van der Waals surface area contributed by atoms with Crippen LogP contribution in [0.5, 0.6) is 5.75 Å². The number of esters is 1. The van der Waals surface area contributed by atoms with Gasteiger partial charge in [0.25, 0.3) is 0 Å². The third-order valence-corrected chi connectivity index (χ3v) is 3.44. The molecule has 0 atom stereocenters. The van der Waals surface area contributed by atoms with Gasteiger partial charge in [0.1, 0.15) is 5.75 Å². The average molecular weight is 301 g/mol. The van der Waals surface area contributed by atoms with Crippen LogP contribution in [0.2, 0.25) is 5.02 Å². The third-order valence-electron chi connectivity index (χ3n) is 3.19. The minimum atomic E-state index is -0.312. The number of aryl methyl sites for hydroxylation is 1. The highest BCUT2D eigenvalue weighted by Gasteiger charge is 2.08. The molecular formula is C16H13ClN2O2. The second-order valence-electron chi connectivity index (χ2n) is 4.78. The molecule has 0 amide bonds.